The lowest BCUT2D eigenvalue weighted by atomic mass is 9.80. The molecule has 0 fully saturated rings. The Labute approximate surface area is 86.1 Å². The van der Waals surface area contributed by atoms with E-state index in [0.717, 1.165) is 17.7 Å². The smallest absolute Gasteiger partial charge is 0.138 e. The molecule has 0 aliphatic rings. The van der Waals surface area contributed by atoms with Gasteiger partial charge in [-0.1, -0.05) is 33.6 Å². The van der Waals surface area contributed by atoms with Crippen molar-refractivity contribution in [1.29, 1.82) is 0 Å². The van der Waals surface area contributed by atoms with Gasteiger partial charge in [0.15, 0.2) is 0 Å². The Morgan fingerprint density at radius 2 is 2.29 bits per heavy atom. The van der Waals surface area contributed by atoms with E-state index in [1.807, 2.05) is 6.20 Å². The molecule has 76 valence electrons. The summed E-state index contributed by atoms with van der Waals surface area (Å²) in [4.78, 5) is 0. The van der Waals surface area contributed by atoms with Crippen LogP contribution in [0.4, 0.5) is 0 Å². The number of H-pyrrole nitrogens is 1. The van der Waals surface area contributed by atoms with Gasteiger partial charge in [-0.2, -0.15) is 5.10 Å². The second-order valence-corrected chi connectivity index (χ2v) is 4.28. The Balaban J connectivity index is 2.86. The van der Waals surface area contributed by atoms with Crippen LogP contribution in [0.3, 0.4) is 0 Å². The molecule has 0 saturated heterocycles. The van der Waals surface area contributed by atoms with Gasteiger partial charge in [-0.3, -0.25) is 5.10 Å². The minimum Gasteiger partial charge on any atom is -0.284 e. The summed E-state index contributed by atoms with van der Waals surface area (Å²) in [6.07, 6.45) is 10.9. The van der Waals surface area contributed by atoms with Crippen LogP contribution in [-0.4, -0.2) is 10.2 Å². The van der Waals surface area contributed by atoms with E-state index in [4.69, 9.17) is 6.42 Å². The number of hydrogen-bond donors (Lipinski definition) is 1. The van der Waals surface area contributed by atoms with Crippen LogP contribution in [0.25, 0.3) is 0 Å². The number of hydrogen-bond acceptors (Lipinski definition) is 1. The first-order chi connectivity index (χ1) is 6.61. The monoisotopic (exact) mass is 190 g/mol. The molecule has 1 N–H and O–H groups in total. The van der Waals surface area contributed by atoms with E-state index < -0.39 is 0 Å². The molecule has 1 heterocycles. The van der Waals surface area contributed by atoms with Gasteiger partial charge in [0.05, 0.1) is 0 Å². The maximum Gasteiger partial charge on any atom is 0.138 e. The van der Waals surface area contributed by atoms with Gasteiger partial charge in [0.25, 0.3) is 0 Å². The topological polar surface area (TPSA) is 28.7 Å². The van der Waals surface area contributed by atoms with Crippen LogP contribution in [0.2, 0.25) is 0 Å². The average Bonchev–Trinajstić information content (AvgIpc) is 2.63. The highest BCUT2D eigenvalue weighted by molar-refractivity contribution is 5.36. The molecule has 0 unspecified atom stereocenters. The lowest BCUT2D eigenvalue weighted by molar-refractivity contribution is 0.457. The molecule has 0 radical (unpaired) electrons. The molecule has 0 aliphatic heterocycles. The Morgan fingerprint density at radius 1 is 1.57 bits per heavy atom. The third-order valence-corrected chi connectivity index (χ3v) is 2.66. The van der Waals surface area contributed by atoms with E-state index in [-0.39, 0.29) is 5.41 Å². The highest BCUT2D eigenvalue weighted by Crippen LogP contribution is 2.30. The van der Waals surface area contributed by atoms with Crippen LogP contribution in [0.1, 0.15) is 51.3 Å². The minimum absolute atomic E-state index is 0.130. The average molecular weight is 190 g/mol. The van der Waals surface area contributed by atoms with Crippen LogP contribution >= 0.6 is 0 Å². The number of nitrogens with one attached hydrogen (secondary N) is 1. The molecule has 0 amide bonds. The maximum atomic E-state index is 5.39. The highest BCUT2D eigenvalue weighted by atomic mass is 15.1. The zero-order valence-corrected chi connectivity index (χ0v) is 9.22. The molecule has 14 heavy (non-hydrogen) atoms. The fraction of sp³-hybridized carbons (Fsp3) is 0.583. The van der Waals surface area contributed by atoms with Crippen LogP contribution in [0.5, 0.6) is 0 Å². The molecule has 1 rings (SSSR count). The fourth-order valence-electron chi connectivity index (χ4n) is 1.67. The van der Waals surface area contributed by atoms with Crippen molar-refractivity contribution < 1.29 is 0 Å². The molecule has 1 aromatic heterocycles. The Kier molecular flexibility index (Phi) is 3.35. The van der Waals surface area contributed by atoms with Gasteiger partial charge in [0, 0.05) is 11.8 Å². The summed E-state index contributed by atoms with van der Waals surface area (Å²) in [6.45, 7) is 6.64. The normalized spacial score (nSPS) is 11.3. The van der Waals surface area contributed by atoms with Gasteiger partial charge >= 0.3 is 0 Å². The largest absolute Gasteiger partial charge is 0.284 e. The maximum absolute atomic E-state index is 5.39. The predicted molar refractivity (Wildman–Crippen MR) is 59.1 cm³/mol. The second kappa shape index (κ2) is 4.32. The first-order valence-corrected chi connectivity index (χ1v) is 5.12. The van der Waals surface area contributed by atoms with Gasteiger partial charge in [0.1, 0.15) is 5.69 Å². The number of terminal acetylenes is 1. The Hall–Kier alpha value is -1.23. The van der Waals surface area contributed by atoms with E-state index in [9.17, 15) is 0 Å². The molecule has 0 spiro atoms. The van der Waals surface area contributed by atoms with E-state index in [1.54, 1.807) is 0 Å². The van der Waals surface area contributed by atoms with Gasteiger partial charge in [0.2, 0.25) is 0 Å². The summed E-state index contributed by atoms with van der Waals surface area (Å²) in [6, 6.07) is 0. The first-order valence-electron chi connectivity index (χ1n) is 5.12. The third kappa shape index (κ3) is 2.17. The Morgan fingerprint density at radius 3 is 2.86 bits per heavy atom. The summed E-state index contributed by atoms with van der Waals surface area (Å²) >= 11 is 0. The van der Waals surface area contributed by atoms with Gasteiger partial charge in [-0.05, 0) is 17.8 Å². The van der Waals surface area contributed by atoms with Crippen molar-refractivity contribution in [3.05, 3.63) is 17.5 Å². The minimum atomic E-state index is 0.130. The molecule has 0 bridgehead atoms. The summed E-state index contributed by atoms with van der Waals surface area (Å²) in [5.74, 6) is 2.62. The molecular formula is C12H18N2. The van der Waals surface area contributed by atoms with E-state index in [1.165, 1.54) is 12.8 Å². The van der Waals surface area contributed by atoms with Crippen LogP contribution < -0.4 is 0 Å². The predicted octanol–water partition coefficient (Wildman–Crippen LogP) is 2.86. The lowest BCUT2D eigenvalue weighted by Gasteiger charge is -2.23. The van der Waals surface area contributed by atoms with E-state index >= 15 is 0 Å². The summed E-state index contributed by atoms with van der Waals surface area (Å²) < 4.78 is 0. The molecule has 1 aromatic rings. The number of aromatic nitrogens is 2. The molecule has 0 aromatic carbocycles. The summed E-state index contributed by atoms with van der Waals surface area (Å²) in [7, 11) is 0. The quantitative estimate of drug-likeness (QED) is 0.727. The first kappa shape index (κ1) is 10.8. The molecule has 0 aliphatic carbocycles. The van der Waals surface area contributed by atoms with Crippen molar-refractivity contribution >= 4 is 0 Å². The van der Waals surface area contributed by atoms with Crippen molar-refractivity contribution in [1.82, 2.24) is 10.2 Å². The SMILES string of the molecule is C#Cc1n[nH]cc1C(C)(C)CCCC. The Bertz CT molecular complexity index is 328. The third-order valence-electron chi connectivity index (χ3n) is 2.66. The van der Waals surface area contributed by atoms with E-state index in [0.29, 0.717) is 0 Å². The summed E-state index contributed by atoms with van der Waals surface area (Å²) in [5.41, 5.74) is 2.05. The highest BCUT2D eigenvalue weighted by Gasteiger charge is 2.23. The number of nitrogens with zero attached hydrogens (tertiary/aromatic N) is 1. The van der Waals surface area contributed by atoms with Gasteiger partial charge in [-0.25, -0.2) is 0 Å². The van der Waals surface area contributed by atoms with Crippen LogP contribution in [-0.2, 0) is 5.41 Å². The summed E-state index contributed by atoms with van der Waals surface area (Å²) in [5, 5.41) is 6.89. The molecule has 2 heteroatoms. The molecule has 0 atom stereocenters. The number of aromatic amines is 1. The number of rotatable bonds is 4. The zero-order chi connectivity index (χ0) is 10.6. The van der Waals surface area contributed by atoms with Crippen molar-refractivity contribution in [2.24, 2.45) is 0 Å². The van der Waals surface area contributed by atoms with Crippen molar-refractivity contribution in [2.45, 2.75) is 45.4 Å². The standard InChI is InChI=1S/C12H18N2/c1-5-7-8-12(3,4)10-9-13-14-11(10)6-2/h2,9H,5,7-8H2,1,3-4H3,(H,13,14). The second-order valence-electron chi connectivity index (χ2n) is 4.28. The van der Waals surface area contributed by atoms with Crippen LogP contribution in [0.15, 0.2) is 6.20 Å². The molecule has 2 nitrogen and oxygen atoms in total. The van der Waals surface area contributed by atoms with Gasteiger partial charge < -0.3 is 0 Å². The zero-order valence-electron chi connectivity index (χ0n) is 9.22. The van der Waals surface area contributed by atoms with Crippen molar-refractivity contribution in [3.63, 3.8) is 0 Å². The van der Waals surface area contributed by atoms with Crippen LogP contribution in [0, 0.1) is 12.3 Å². The molecule has 0 saturated carbocycles. The van der Waals surface area contributed by atoms with E-state index in [2.05, 4.69) is 36.9 Å². The van der Waals surface area contributed by atoms with Crippen molar-refractivity contribution in [2.75, 3.05) is 0 Å². The fourth-order valence-corrected chi connectivity index (χ4v) is 1.67. The lowest BCUT2D eigenvalue weighted by Crippen LogP contribution is -2.17. The van der Waals surface area contributed by atoms with Gasteiger partial charge in [-0.15, -0.1) is 6.42 Å². The molecular weight excluding hydrogens is 172 g/mol. The van der Waals surface area contributed by atoms with Crippen molar-refractivity contribution in [3.8, 4) is 12.3 Å². The number of unbranched alkanes of at least 4 members (excludes halogenated alkanes) is 1.